The molecule has 0 saturated carbocycles. The number of fused-ring (bicyclic) bond motifs is 2. The van der Waals surface area contributed by atoms with Gasteiger partial charge in [0.05, 0.1) is 11.1 Å². The molecule has 1 aromatic carbocycles. The van der Waals surface area contributed by atoms with Crippen LogP contribution in [0.2, 0.25) is 0 Å². The summed E-state index contributed by atoms with van der Waals surface area (Å²) in [4.78, 5) is 19.7. The molecule has 1 aliphatic carbocycles. The van der Waals surface area contributed by atoms with Crippen LogP contribution in [-0.4, -0.2) is 32.7 Å². The third-order valence-corrected chi connectivity index (χ3v) is 4.96. The number of hydrogen-bond donors (Lipinski definition) is 3. The Morgan fingerprint density at radius 1 is 1.21 bits per heavy atom. The van der Waals surface area contributed by atoms with Gasteiger partial charge in [-0.1, -0.05) is 12.1 Å². The molecular weight excluding hydrogens is 302 g/mol. The number of carbonyl (C=O) groups is 1. The van der Waals surface area contributed by atoms with E-state index in [-0.39, 0.29) is 11.5 Å². The Morgan fingerprint density at radius 3 is 2.79 bits per heavy atom. The fourth-order valence-corrected chi connectivity index (χ4v) is 3.91. The van der Waals surface area contributed by atoms with E-state index in [2.05, 4.69) is 16.2 Å². The SMILES string of the molecule is Cn1cc2c3c1C(=O)c1[nH]cc(-c4ccc(O)cc4)c1C3=[NH+]CC2. The number of aromatic nitrogens is 2. The highest BCUT2D eigenvalue weighted by atomic mass is 16.3. The number of rotatable bonds is 1. The van der Waals surface area contributed by atoms with Crippen molar-refractivity contribution in [2.75, 3.05) is 6.54 Å². The molecule has 3 N–H and O–H groups in total. The van der Waals surface area contributed by atoms with Crippen molar-refractivity contribution < 1.29 is 14.9 Å². The number of carbonyl (C=O) groups excluding carboxylic acids is 1. The van der Waals surface area contributed by atoms with Gasteiger partial charge in [0.1, 0.15) is 23.7 Å². The van der Waals surface area contributed by atoms with E-state index < -0.39 is 0 Å². The van der Waals surface area contributed by atoms with E-state index in [0.29, 0.717) is 5.69 Å². The fourth-order valence-electron chi connectivity index (χ4n) is 3.91. The molecule has 3 aromatic rings. The van der Waals surface area contributed by atoms with Gasteiger partial charge in [-0.3, -0.25) is 4.79 Å². The lowest BCUT2D eigenvalue weighted by Crippen LogP contribution is -2.76. The molecule has 5 rings (SSSR count). The van der Waals surface area contributed by atoms with Crippen LogP contribution in [0.15, 0.2) is 36.7 Å². The van der Waals surface area contributed by atoms with Crippen molar-refractivity contribution in [3.8, 4) is 16.9 Å². The largest absolute Gasteiger partial charge is 0.508 e. The van der Waals surface area contributed by atoms with Gasteiger partial charge in [-0.25, -0.2) is 4.99 Å². The number of nitrogens with one attached hydrogen (secondary N) is 2. The molecule has 3 heterocycles. The van der Waals surface area contributed by atoms with E-state index in [0.717, 1.165) is 46.6 Å². The van der Waals surface area contributed by atoms with Gasteiger partial charge in [-0.05, 0) is 23.3 Å². The standard InChI is InChI=1S/C19H15N3O2/c1-22-9-11-6-7-20-16-14(11)18(22)19(24)17-15(16)13(8-21-17)10-2-4-12(23)5-3-10/h2-5,8-9,21,23H,6-7H2,1H3/p+1. The first-order valence-corrected chi connectivity index (χ1v) is 8.00. The molecule has 0 atom stereocenters. The summed E-state index contributed by atoms with van der Waals surface area (Å²) in [6, 6.07) is 7.07. The van der Waals surface area contributed by atoms with Crippen molar-refractivity contribution in [1.29, 1.82) is 0 Å². The van der Waals surface area contributed by atoms with Crippen molar-refractivity contribution in [2.24, 2.45) is 7.05 Å². The lowest BCUT2D eigenvalue weighted by Gasteiger charge is -2.17. The van der Waals surface area contributed by atoms with E-state index in [4.69, 9.17) is 0 Å². The van der Waals surface area contributed by atoms with Crippen LogP contribution in [-0.2, 0) is 13.5 Å². The van der Waals surface area contributed by atoms with Crippen LogP contribution in [0, 0.1) is 0 Å². The molecule has 5 nitrogen and oxygen atoms in total. The Morgan fingerprint density at radius 2 is 2.00 bits per heavy atom. The number of H-pyrrole nitrogens is 1. The maximum atomic E-state index is 13.0. The number of hydrogen-bond acceptors (Lipinski definition) is 2. The molecule has 1 aliphatic heterocycles. The number of ketones is 1. The minimum absolute atomic E-state index is 0.0335. The molecule has 0 spiro atoms. The van der Waals surface area contributed by atoms with Crippen LogP contribution in [0.25, 0.3) is 11.1 Å². The summed E-state index contributed by atoms with van der Waals surface area (Å²) in [5.74, 6) is 0.265. The number of aromatic amines is 1. The molecule has 0 fully saturated rings. The van der Waals surface area contributed by atoms with Crippen LogP contribution in [0.3, 0.4) is 0 Å². The average Bonchev–Trinajstić information content (AvgIpc) is 3.15. The van der Waals surface area contributed by atoms with Gasteiger partial charge >= 0.3 is 0 Å². The molecule has 5 heteroatoms. The Kier molecular flexibility index (Phi) is 2.49. The summed E-state index contributed by atoms with van der Waals surface area (Å²) in [7, 11) is 1.93. The lowest BCUT2D eigenvalue weighted by molar-refractivity contribution is -0.457. The van der Waals surface area contributed by atoms with Gasteiger partial charge in [0.25, 0.3) is 0 Å². The minimum Gasteiger partial charge on any atom is -0.508 e. The smallest absolute Gasteiger partial charge is 0.227 e. The van der Waals surface area contributed by atoms with Crippen LogP contribution in [0.4, 0.5) is 0 Å². The first-order chi connectivity index (χ1) is 11.6. The van der Waals surface area contributed by atoms with Crippen LogP contribution in [0.1, 0.15) is 32.9 Å². The molecule has 2 aliphatic rings. The summed E-state index contributed by atoms with van der Waals surface area (Å²) in [5, 5.41) is 9.53. The van der Waals surface area contributed by atoms with Crippen molar-refractivity contribution >= 4 is 11.5 Å². The van der Waals surface area contributed by atoms with Crippen molar-refractivity contribution in [3.05, 3.63) is 64.7 Å². The van der Waals surface area contributed by atoms with E-state index in [1.165, 1.54) is 5.56 Å². The number of nitrogens with zero attached hydrogens (tertiary/aromatic N) is 1. The average molecular weight is 318 g/mol. The van der Waals surface area contributed by atoms with E-state index in [1.54, 1.807) is 12.1 Å². The first kappa shape index (κ1) is 13.4. The molecule has 0 bridgehead atoms. The van der Waals surface area contributed by atoms with Gasteiger partial charge in [0.15, 0.2) is 0 Å². The van der Waals surface area contributed by atoms with Gasteiger partial charge in [-0.15, -0.1) is 0 Å². The maximum Gasteiger partial charge on any atom is 0.227 e. The van der Waals surface area contributed by atoms with Crippen LogP contribution < -0.4 is 4.99 Å². The number of aryl methyl sites for hydroxylation is 1. The second kappa shape index (κ2) is 4.47. The summed E-state index contributed by atoms with van der Waals surface area (Å²) >= 11 is 0. The topological polar surface area (TPSA) is 72.0 Å². The van der Waals surface area contributed by atoms with Crippen molar-refractivity contribution in [1.82, 2.24) is 9.55 Å². The first-order valence-electron chi connectivity index (χ1n) is 8.00. The van der Waals surface area contributed by atoms with Gasteiger partial charge in [0, 0.05) is 31.4 Å². The van der Waals surface area contributed by atoms with Crippen LogP contribution >= 0.6 is 0 Å². The molecular formula is C19H16N3O2+. The second-order valence-corrected chi connectivity index (χ2v) is 6.37. The van der Waals surface area contributed by atoms with Crippen molar-refractivity contribution in [2.45, 2.75) is 6.42 Å². The zero-order valence-corrected chi connectivity index (χ0v) is 13.2. The fraction of sp³-hybridized carbons (Fsp3) is 0.158. The number of phenols is 1. The normalized spacial score (nSPS) is 15.0. The van der Waals surface area contributed by atoms with Crippen LogP contribution in [0.5, 0.6) is 5.75 Å². The zero-order chi connectivity index (χ0) is 16.4. The highest BCUT2D eigenvalue weighted by molar-refractivity contribution is 6.30. The van der Waals surface area contributed by atoms with Crippen molar-refractivity contribution in [3.63, 3.8) is 0 Å². The monoisotopic (exact) mass is 318 g/mol. The second-order valence-electron chi connectivity index (χ2n) is 6.37. The molecule has 118 valence electrons. The minimum atomic E-state index is 0.0335. The Labute approximate surface area is 138 Å². The van der Waals surface area contributed by atoms with E-state index in [1.807, 2.05) is 29.9 Å². The molecule has 2 aromatic heterocycles. The number of benzene rings is 1. The third kappa shape index (κ3) is 1.58. The zero-order valence-electron chi connectivity index (χ0n) is 13.2. The summed E-state index contributed by atoms with van der Waals surface area (Å²) < 4.78 is 1.93. The predicted molar refractivity (Wildman–Crippen MR) is 89.5 cm³/mol. The third-order valence-electron chi connectivity index (χ3n) is 4.96. The molecule has 24 heavy (non-hydrogen) atoms. The quantitative estimate of drug-likeness (QED) is 0.484. The highest BCUT2D eigenvalue weighted by Crippen LogP contribution is 2.36. The maximum absolute atomic E-state index is 13.0. The van der Waals surface area contributed by atoms with Gasteiger partial charge in [0.2, 0.25) is 11.5 Å². The van der Waals surface area contributed by atoms with E-state index >= 15 is 0 Å². The lowest BCUT2D eigenvalue weighted by atomic mass is 9.84. The predicted octanol–water partition coefficient (Wildman–Crippen LogP) is 0.744. The molecule has 0 saturated heterocycles. The summed E-state index contributed by atoms with van der Waals surface area (Å²) in [6.07, 6.45) is 4.87. The van der Waals surface area contributed by atoms with Gasteiger partial charge < -0.3 is 14.7 Å². The Balaban J connectivity index is 1.80. The summed E-state index contributed by atoms with van der Waals surface area (Å²) in [5.41, 5.74) is 7.55. The molecule has 0 unspecified atom stereocenters. The Bertz CT molecular complexity index is 1040. The Hall–Kier alpha value is -3.08. The molecule has 0 radical (unpaired) electrons. The number of phenolic OH excluding ortho intramolecular Hbond substituents is 1. The van der Waals surface area contributed by atoms with Gasteiger partial charge in [-0.2, -0.15) is 0 Å². The summed E-state index contributed by atoms with van der Waals surface area (Å²) in [6.45, 7) is 0.861. The number of aromatic hydroxyl groups is 1. The highest BCUT2D eigenvalue weighted by Gasteiger charge is 2.40. The van der Waals surface area contributed by atoms with E-state index in [9.17, 15) is 9.90 Å². The molecule has 0 amide bonds.